The molecule has 0 saturated carbocycles. The Bertz CT molecular complexity index is 168. The van der Waals surface area contributed by atoms with Gasteiger partial charge in [-0.3, -0.25) is 9.69 Å². The molecule has 0 aromatic rings. The van der Waals surface area contributed by atoms with Crippen molar-refractivity contribution in [2.24, 2.45) is 5.73 Å². The second-order valence-corrected chi connectivity index (χ2v) is 3.01. The molecule has 0 aromatic heterocycles. The minimum absolute atomic E-state index is 0.183. The van der Waals surface area contributed by atoms with Crippen molar-refractivity contribution >= 4 is 11.7 Å². The predicted octanol–water partition coefficient (Wildman–Crippen LogP) is -0.227. The van der Waals surface area contributed by atoms with Gasteiger partial charge in [-0.15, -0.1) is 0 Å². The third-order valence-corrected chi connectivity index (χ3v) is 1.49. The Balaban J connectivity index is 3.37. The van der Waals surface area contributed by atoms with Crippen LogP contribution in [-0.4, -0.2) is 36.7 Å². The summed E-state index contributed by atoms with van der Waals surface area (Å²) in [4.78, 5) is 22.8. The van der Waals surface area contributed by atoms with E-state index in [2.05, 4.69) is 0 Å². The molecule has 0 heterocycles. The van der Waals surface area contributed by atoms with Gasteiger partial charge in [0, 0.05) is 6.42 Å². The van der Waals surface area contributed by atoms with E-state index in [-0.39, 0.29) is 18.2 Å². The molecule has 70 valence electrons. The second kappa shape index (κ2) is 5.71. The number of hydrogen-bond donors (Lipinski definition) is 1. The van der Waals surface area contributed by atoms with Crippen LogP contribution in [0.4, 0.5) is 0 Å². The van der Waals surface area contributed by atoms with Crippen LogP contribution in [0.15, 0.2) is 0 Å². The Kier molecular flexibility index (Phi) is 5.28. The molecular weight excluding hydrogens is 156 g/mol. The van der Waals surface area contributed by atoms with Crippen LogP contribution in [0.25, 0.3) is 0 Å². The number of nitrogens with zero attached hydrogens (tertiary/aromatic N) is 1. The molecular formula is C8H16N2O2. The van der Waals surface area contributed by atoms with Crippen LogP contribution >= 0.6 is 0 Å². The van der Waals surface area contributed by atoms with Crippen LogP contribution in [0.2, 0.25) is 0 Å². The van der Waals surface area contributed by atoms with E-state index >= 15 is 0 Å². The monoisotopic (exact) mass is 172 g/mol. The number of hydrogen-bond acceptors (Lipinski definition) is 3. The number of amides is 1. The summed E-state index contributed by atoms with van der Waals surface area (Å²) in [6, 6.07) is 0. The van der Waals surface area contributed by atoms with Gasteiger partial charge in [0.25, 0.3) is 0 Å². The van der Waals surface area contributed by atoms with Crippen molar-refractivity contribution < 1.29 is 9.59 Å². The number of carbonyl (C=O) groups is 2. The number of likely N-dealkylation sites (N-methyl/N-ethyl adjacent to an activating group) is 1. The van der Waals surface area contributed by atoms with E-state index in [1.165, 1.54) is 0 Å². The highest BCUT2D eigenvalue weighted by Crippen LogP contribution is 1.92. The lowest BCUT2D eigenvalue weighted by atomic mass is 10.2. The zero-order chi connectivity index (χ0) is 9.56. The number of primary amides is 1. The molecule has 2 N–H and O–H groups in total. The van der Waals surface area contributed by atoms with E-state index in [4.69, 9.17) is 5.73 Å². The minimum Gasteiger partial charge on any atom is -0.369 e. The van der Waals surface area contributed by atoms with Crippen LogP contribution in [0.1, 0.15) is 19.8 Å². The summed E-state index contributed by atoms with van der Waals surface area (Å²) >= 11 is 0. The van der Waals surface area contributed by atoms with Gasteiger partial charge < -0.3 is 10.5 Å². The van der Waals surface area contributed by atoms with E-state index in [0.29, 0.717) is 6.42 Å². The summed E-state index contributed by atoms with van der Waals surface area (Å²) in [5, 5.41) is 0. The second-order valence-electron chi connectivity index (χ2n) is 3.01. The average Bonchev–Trinajstić information content (AvgIpc) is 1.84. The predicted molar refractivity (Wildman–Crippen MR) is 46.6 cm³/mol. The number of nitrogens with two attached hydrogens (primary N) is 1. The van der Waals surface area contributed by atoms with Gasteiger partial charge >= 0.3 is 0 Å². The fraction of sp³-hybridized carbons (Fsp3) is 0.750. The first-order valence-electron chi connectivity index (χ1n) is 3.98. The maximum Gasteiger partial charge on any atom is 0.231 e. The maximum absolute atomic E-state index is 10.5. The van der Waals surface area contributed by atoms with Crippen LogP contribution in [0.3, 0.4) is 0 Å². The molecule has 4 nitrogen and oxygen atoms in total. The van der Waals surface area contributed by atoms with E-state index < -0.39 is 0 Å². The smallest absolute Gasteiger partial charge is 0.231 e. The van der Waals surface area contributed by atoms with Gasteiger partial charge in [0.1, 0.15) is 5.78 Å². The highest BCUT2D eigenvalue weighted by molar-refractivity contribution is 5.76. The van der Waals surface area contributed by atoms with E-state index in [9.17, 15) is 9.59 Å². The molecule has 0 saturated heterocycles. The quantitative estimate of drug-likeness (QED) is 0.602. The molecule has 0 aromatic carbocycles. The lowest BCUT2D eigenvalue weighted by molar-refractivity contribution is -0.118. The molecule has 12 heavy (non-hydrogen) atoms. The Hall–Kier alpha value is -0.900. The molecule has 0 aliphatic heterocycles. The molecule has 0 aliphatic carbocycles. The van der Waals surface area contributed by atoms with E-state index in [1.54, 1.807) is 6.92 Å². The van der Waals surface area contributed by atoms with Crippen LogP contribution in [0.5, 0.6) is 0 Å². The van der Waals surface area contributed by atoms with Gasteiger partial charge in [-0.05, 0) is 26.9 Å². The molecule has 0 aliphatic rings. The number of carbonyl (C=O) groups excluding carboxylic acids is 2. The van der Waals surface area contributed by atoms with Gasteiger partial charge in [-0.1, -0.05) is 0 Å². The summed E-state index contributed by atoms with van der Waals surface area (Å²) in [5.41, 5.74) is 4.98. The van der Waals surface area contributed by atoms with Gasteiger partial charge in [0.15, 0.2) is 0 Å². The maximum atomic E-state index is 10.5. The standard InChI is InChI=1S/C8H16N2O2/c1-7(11)4-3-5-10(2)6-8(9)12/h3-6H2,1-2H3,(H2,9,12). The lowest BCUT2D eigenvalue weighted by Crippen LogP contribution is -2.31. The first-order chi connectivity index (χ1) is 5.52. The van der Waals surface area contributed by atoms with Gasteiger partial charge in [0.2, 0.25) is 5.91 Å². The Morgan fingerprint density at radius 2 is 2.00 bits per heavy atom. The molecule has 1 amide bonds. The first kappa shape index (κ1) is 11.1. The largest absolute Gasteiger partial charge is 0.369 e. The van der Waals surface area contributed by atoms with Crippen molar-refractivity contribution in [2.45, 2.75) is 19.8 Å². The van der Waals surface area contributed by atoms with E-state index in [0.717, 1.165) is 13.0 Å². The van der Waals surface area contributed by atoms with Crippen molar-refractivity contribution in [3.8, 4) is 0 Å². The van der Waals surface area contributed by atoms with Crippen molar-refractivity contribution in [2.75, 3.05) is 20.1 Å². The van der Waals surface area contributed by atoms with Gasteiger partial charge in [-0.2, -0.15) is 0 Å². The fourth-order valence-electron chi connectivity index (χ4n) is 0.943. The summed E-state index contributed by atoms with van der Waals surface area (Å²) < 4.78 is 0. The van der Waals surface area contributed by atoms with Crippen molar-refractivity contribution in [1.82, 2.24) is 4.90 Å². The summed E-state index contributed by atoms with van der Waals surface area (Å²) in [5.74, 6) is -0.150. The van der Waals surface area contributed by atoms with Gasteiger partial charge in [-0.25, -0.2) is 0 Å². The summed E-state index contributed by atoms with van der Waals surface area (Å²) in [6.07, 6.45) is 1.36. The highest BCUT2D eigenvalue weighted by atomic mass is 16.1. The molecule has 0 fully saturated rings. The zero-order valence-electron chi connectivity index (χ0n) is 7.67. The topological polar surface area (TPSA) is 63.4 Å². The first-order valence-corrected chi connectivity index (χ1v) is 3.98. The highest BCUT2D eigenvalue weighted by Gasteiger charge is 2.02. The Labute approximate surface area is 72.7 Å². The Morgan fingerprint density at radius 1 is 1.42 bits per heavy atom. The number of Topliss-reactive ketones (excluding diaryl/α,β-unsaturated/α-hetero) is 1. The molecule has 4 heteroatoms. The average molecular weight is 172 g/mol. The normalized spacial score (nSPS) is 10.2. The molecule has 0 spiro atoms. The molecule has 0 bridgehead atoms. The Morgan fingerprint density at radius 3 is 2.42 bits per heavy atom. The third kappa shape index (κ3) is 7.21. The molecule has 0 unspecified atom stereocenters. The third-order valence-electron chi connectivity index (χ3n) is 1.49. The zero-order valence-corrected chi connectivity index (χ0v) is 7.67. The number of ketones is 1. The van der Waals surface area contributed by atoms with Crippen molar-refractivity contribution in [3.63, 3.8) is 0 Å². The van der Waals surface area contributed by atoms with Crippen molar-refractivity contribution in [1.29, 1.82) is 0 Å². The SMILES string of the molecule is CC(=O)CCCN(C)CC(N)=O. The lowest BCUT2D eigenvalue weighted by Gasteiger charge is -2.12. The van der Waals surface area contributed by atoms with Crippen LogP contribution in [-0.2, 0) is 9.59 Å². The van der Waals surface area contributed by atoms with Crippen molar-refractivity contribution in [3.05, 3.63) is 0 Å². The minimum atomic E-state index is -0.333. The van der Waals surface area contributed by atoms with E-state index in [1.807, 2.05) is 11.9 Å². The summed E-state index contributed by atoms with van der Waals surface area (Å²) in [6.45, 7) is 2.56. The van der Waals surface area contributed by atoms with Crippen LogP contribution in [0, 0.1) is 0 Å². The molecule has 0 radical (unpaired) electrons. The molecule has 0 atom stereocenters. The van der Waals surface area contributed by atoms with Gasteiger partial charge in [0.05, 0.1) is 6.54 Å². The number of rotatable bonds is 6. The fourth-order valence-corrected chi connectivity index (χ4v) is 0.943. The summed E-state index contributed by atoms with van der Waals surface area (Å²) in [7, 11) is 1.81. The van der Waals surface area contributed by atoms with Crippen LogP contribution < -0.4 is 5.73 Å². The molecule has 0 rings (SSSR count).